The molecule has 6 heteroatoms. The third-order valence-electron chi connectivity index (χ3n) is 2.98. The Balaban J connectivity index is 1.75. The molecule has 0 unspecified atom stereocenters. The first-order valence-electron chi connectivity index (χ1n) is 7.38. The van der Waals surface area contributed by atoms with Crippen LogP contribution in [0.1, 0.15) is 19.1 Å². The largest absolute Gasteiger partial charge is 0.492 e. The number of para-hydroxylation sites is 2. The molecule has 1 heterocycles. The van der Waals surface area contributed by atoms with Crippen LogP contribution < -0.4 is 10.1 Å². The summed E-state index contributed by atoms with van der Waals surface area (Å²) in [5.74, 6) is 0.419. The SMILES string of the molecule is CCOc1ccccc1NC(=O)COC(=O)CCc1ccco1. The second kappa shape index (κ2) is 8.63. The molecule has 0 aliphatic carbocycles. The molecule has 0 atom stereocenters. The van der Waals surface area contributed by atoms with Gasteiger partial charge in [0.05, 0.1) is 25.0 Å². The van der Waals surface area contributed by atoms with Crippen molar-refractivity contribution in [1.29, 1.82) is 0 Å². The lowest BCUT2D eigenvalue weighted by molar-refractivity contribution is -0.147. The van der Waals surface area contributed by atoms with Crippen LogP contribution in [0.2, 0.25) is 0 Å². The molecule has 23 heavy (non-hydrogen) atoms. The number of aryl methyl sites for hydroxylation is 1. The zero-order valence-electron chi connectivity index (χ0n) is 12.9. The van der Waals surface area contributed by atoms with Gasteiger partial charge in [-0.25, -0.2) is 0 Å². The van der Waals surface area contributed by atoms with E-state index in [-0.39, 0.29) is 13.0 Å². The highest BCUT2D eigenvalue weighted by Crippen LogP contribution is 2.23. The minimum Gasteiger partial charge on any atom is -0.492 e. The van der Waals surface area contributed by atoms with E-state index in [9.17, 15) is 9.59 Å². The highest BCUT2D eigenvalue weighted by atomic mass is 16.5. The number of hydrogen-bond donors (Lipinski definition) is 1. The van der Waals surface area contributed by atoms with Gasteiger partial charge in [-0.1, -0.05) is 12.1 Å². The van der Waals surface area contributed by atoms with Gasteiger partial charge in [0, 0.05) is 6.42 Å². The average Bonchev–Trinajstić information content (AvgIpc) is 3.06. The summed E-state index contributed by atoms with van der Waals surface area (Å²) in [6, 6.07) is 10.6. The molecule has 2 aromatic rings. The van der Waals surface area contributed by atoms with E-state index in [1.54, 1.807) is 36.6 Å². The molecule has 1 aromatic heterocycles. The van der Waals surface area contributed by atoms with Crippen LogP contribution in [0.4, 0.5) is 5.69 Å². The minimum absolute atomic E-state index is 0.163. The molecule has 0 spiro atoms. The molecule has 2 rings (SSSR count). The number of esters is 1. The third kappa shape index (κ3) is 5.50. The molecule has 0 saturated heterocycles. The van der Waals surface area contributed by atoms with Crippen LogP contribution in [0.5, 0.6) is 5.75 Å². The van der Waals surface area contributed by atoms with Crippen LogP contribution in [0, 0.1) is 0 Å². The van der Waals surface area contributed by atoms with Gasteiger partial charge in [-0.2, -0.15) is 0 Å². The van der Waals surface area contributed by atoms with E-state index >= 15 is 0 Å². The number of carbonyl (C=O) groups excluding carboxylic acids is 2. The van der Waals surface area contributed by atoms with E-state index in [4.69, 9.17) is 13.9 Å². The lowest BCUT2D eigenvalue weighted by Gasteiger charge is -2.11. The number of anilines is 1. The maximum atomic E-state index is 11.8. The van der Waals surface area contributed by atoms with Crippen LogP contribution in [0.3, 0.4) is 0 Å². The number of ether oxygens (including phenoxy) is 2. The Morgan fingerprint density at radius 2 is 2.00 bits per heavy atom. The fourth-order valence-corrected chi connectivity index (χ4v) is 1.94. The van der Waals surface area contributed by atoms with E-state index in [1.807, 2.05) is 13.0 Å². The highest BCUT2D eigenvalue weighted by Gasteiger charge is 2.11. The number of benzene rings is 1. The van der Waals surface area contributed by atoms with E-state index in [2.05, 4.69) is 5.32 Å². The van der Waals surface area contributed by atoms with Gasteiger partial charge < -0.3 is 19.2 Å². The van der Waals surface area contributed by atoms with Crippen molar-refractivity contribution < 1.29 is 23.5 Å². The van der Waals surface area contributed by atoms with Crippen molar-refractivity contribution in [2.75, 3.05) is 18.5 Å². The summed E-state index contributed by atoms with van der Waals surface area (Å²) in [6.45, 7) is 2.02. The first kappa shape index (κ1) is 16.6. The summed E-state index contributed by atoms with van der Waals surface area (Å²) in [5, 5.41) is 2.66. The lowest BCUT2D eigenvalue weighted by atomic mass is 10.2. The second-order valence-electron chi connectivity index (χ2n) is 4.72. The van der Waals surface area contributed by atoms with Crippen molar-refractivity contribution in [1.82, 2.24) is 0 Å². The molecule has 1 N–H and O–H groups in total. The summed E-state index contributed by atoms with van der Waals surface area (Å²) < 4.78 is 15.5. The summed E-state index contributed by atoms with van der Waals surface area (Å²) in [6.07, 6.45) is 2.15. The number of nitrogens with one attached hydrogen (secondary N) is 1. The maximum Gasteiger partial charge on any atom is 0.306 e. The molecule has 0 fully saturated rings. The number of rotatable bonds is 8. The fraction of sp³-hybridized carbons (Fsp3) is 0.294. The van der Waals surface area contributed by atoms with Gasteiger partial charge in [0.1, 0.15) is 11.5 Å². The third-order valence-corrected chi connectivity index (χ3v) is 2.98. The average molecular weight is 317 g/mol. The van der Waals surface area contributed by atoms with E-state index in [0.29, 0.717) is 30.2 Å². The summed E-state index contributed by atoms with van der Waals surface area (Å²) in [5.41, 5.74) is 0.547. The van der Waals surface area contributed by atoms with E-state index < -0.39 is 11.9 Å². The monoisotopic (exact) mass is 317 g/mol. The van der Waals surface area contributed by atoms with Gasteiger partial charge in [0.25, 0.3) is 5.91 Å². The molecule has 0 aliphatic heterocycles. The quantitative estimate of drug-likeness (QED) is 0.758. The van der Waals surface area contributed by atoms with Crippen molar-refractivity contribution in [3.8, 4) is 5.75 Å². The highest BCUT2D eigenvalue weighted by molar-refractivity contribution is 5.94. The second-order valence-corrected chi connectivity index (χ2v) is 4.72. The summed E-state index contributed by atoms with van der Waals surface area (Å²) in [4.78, 5) is 23.4. The Bertz CT molecular complexity index is 636. The molecule has 6 nitrogen and oxygen atoms in total. The maximum absolute atomic E-state index is 11.8. The van der Waals surface area contributed by atoms with Crippen molar-refractivity contribution >= 4 is 17.6 Å². The predicted molar refractivity (Wildman–Crippen MR) is 84.2 cm³/mol. The predicted octanol–water partition coefficient (Wildman–Crippen LogP) is 2.79. The van der Waals surface area contributed by atoms with Gasteiger partial charge in [0.15, 0.2) is 6.61 Å². The van der Waals surface area contributed by atoms with Gasteiger partial charge in [-0.05, 0) is 31.2 Å². The van der Waals surface area contributed by atoms with Crippen LogP contribution in [-0.2, 0) is 20.7 Å². The molecule has 122 valence electrons. The zero-order chi connectivity index (χ0) is 16.5. The van der Waals surface area contributed by atoms with Crippen LogP contribution in [0.15, 0.2) is 47.1 Å². The standard InChI is InChI=1S/C17H19NO5/c1-2-21-15-8-4-3-7-14(15)18-16(19)12-23-17(20)10-9-13-6-5-11-22-13/h3-8,11H,2,9-10,12H2,1H3,(H,18,19). The van der Waals surface area contributed by atoms with E-state index in [1.165, 1.54) is 0 Å². The molecular formula is C17H19NO5. The zero-order valence-corrected chi connectivity index (χ0v) is 12.9. The van der Waals surface area contributed by atoms with Crippen LogP contribution in [0.25, 0.3) is 0 Å². The molecule has 0 radical (unpaired) electrons. The van der Waals surface area contributed by atoms with Crippen LogP contribution >= 0.6 is 0 Å². The van der Waals surface area contributed by atoms with Crippen LogP contribution in [-0.4, -0.2) is 25.1 Å². The summed E-state index contributed by atoms with van der Waals surface area (Å²) >= 11 is 0. The van der Waals surface area contributed by atoms with Gasteiger partial charge in [-0.3, -0.25) is 9.59 Å². The van der Waals surface area contributed by atoms with Gasteiger partial charge >= 0.3 is 5.97 Å². The van der Waals surface area contributed by atoms with Crippen molar-refractivity contribution in [2.45, 2.75) is 19.8 Å². The Kier molecular flexibility index (Phi) is 6.23. The van der Waals surface area contributed by atoms with Crippen molar-refractivity contribution in [3.05, 3.63) is 48.4 Å². The number of amides is 1. The smallest absolute Gasteiger partial charge is 0.306 e. The molecule has 0 bridgehead atoms. The Hall–Kier alpha value is -2.76. The van der Waals surface area contributed by atoms with E-state index in [0.717, 1.165) is 0 Å². The normalized spacial score (nSPS) is 10.1. The first-order valence-corrected chi connectivity index (χ1v) is 7.38. The van der Waals surface area contributed by atoms with Gasteiger partial charge in [-0.15, -0.1) is 0 Å². The fourth-order valence-electron chi connectivity index (χ4n) is 1.94. The minimum atomic E-state index is -0.449. The molecule has 1 aromatic carbocycles. The molecular weight excluding hydrogens is 298 g/mol. The molecule has 0 aliphatic rings. The van der Waals surface area contributed by atoms with Crippen molar-refractivity contribution in [3.63, 3.8) is 0 Å². The lowest BCUT2D eigenvalue weighted by Crippen LogP contribution is -2.21. The topological polar surface area (TPSA) is 77.8 Å². The first-order chi connectivity index (χ1) is 11.2. The Labute approximate surface area is 134 Å². The number of carbonyl (C=O) groups is 2. The number of hydrogen-bond acceptors (Lipinski definition) is 5. The summed E-state index contributed by atoms with van der Waals surface area (Å²) in [7, 11) is 0. The van der Waals surface area contributed by atoms with Gasteiger partial charge in [0.2, 0.25) is 0 Å². The Morgan fingerprint density at radius 1 is 1.17 bits per heavy atom. The molecule has 0 saturated carbocycles. The molecule has 1 amide bonds. The Morgan fingerprint density at radius 3 is 2.74 bits per heavy atom. The number of furan rings is 1. The van der Waals surface area contributed by atoms with Crippen molar-refractivity contribution in [2.24, 2.45) is 0 Å².